The van der Waals surface area contributed by atoms with Crippen molar-refractivity contribution in [2.45, 2.75) is 13.1 Å². The van der Waals surface area contributed by atoms with Crippen LogP contribution in [0.2, 0.25) is 0 Å². The summed E-state index contributed by atoms with van der Waals surface area (Å²) in [5.41, 5.74) is 2.71. The minimum atomic E-state index is -0.0149. The smallest absolute Gasteiger partial charge is 0.258 e. The molecule has 3 aromatic rings. The zero-order valence-electron chi connectivity index (χ0n) is 14.3. The number of ether oxygens (including phenoxy) is 2. The first-order valence-corrected chi connectivity index (χ1v) is 8.22. The molecule has 0 saturated heterocycles. The Morgan fingerprint density at radius 3 is 2.52 bits per heavy atom. The highest BCUT2D eigenvalue weighted by Gasteiger charge is 2.32. The van der Waals surface area contributed by atoms with E-state index in [1.54, 1.807) is 14.2 Å². The van der Waals surface area contributed by atoms with Gasteiger partial charge < -0.3 is 14.4 Å². The number of hydrogen-bond donors (Lipinski definition) is 0. The van der Waals surface area contributed by atoms with Crippen molar-refractivity contribution in [3.05, 3.63) is 71.3 Å². The van der Waals surface area contributed by atoms with Crippen LogP contribution >= 0.6 is 0 Å². The van der Waals surface area contributed by atoms with Gasteiger partial charge in [-0.1, -0.05) is 42.5 Å². The molecule has 4 rings (SSSR count). The summed E-state index contributed by atoms with van der Waals surface area (Å²) in [6, 6.07) is 18.4. The largest absolute Gasteiger partial charge is 0.493 e. The summed E-state index contributed by atoms with van der Waals surface area (Å²) < 4.78 is 10.7. The van der Waals surface area contributed by atoms with Gasteiger partial charge in [0.1, 0.15) is 0 Å². The second-order valence-corrected chi connectivity index (χ2v) is 6.18. The Kier molecular flexibility index (Phi) is 3.80. The molecule has 0 fully saturated rings. The van der Waals surface area contributed by atoms with Gasteiger partial charge in [0.05, 0.1) is 19.8 Å². The van der Waals surface area contributed by atoms with E-state index in [0.717, 1.165) is 11.1 Å². The van der Waals surface area contributed by atoms with Crippen LogP contribution in [0.25, 0.3) is 10.8 Å². The minimum absolute atomic E-state index is 0.0149. The van der Waals surface area contributed by atoms with E-state index in [-0.39, 0.29) is 5.91 Å². The van der Waals surface area contributed by atoms with E-state index >= 15 is 0 Å². The van der Waals surface area contributed by atoms with Gasteiger partial charge in [-0.25, -0.2) is 0 Å². The van der Waals surface area contributed by atoms with E-state index < -0.39 is 0 Å². The normalized spacial score (nSPS) is 13.2. The van der Waals surface area contributed by atoms with Crippen LogP contribution in [0.3, 0.4) is 0 Å². The van der Waals surface area contributed by atoms with Gasteiger partial charge >= 0.3 is 0 Å². The second-order valence-electron chi connectivity index (χ2n) is 6.18. The lowest BCUT2D eigenvalue weighted by atomic mass is 10.1. The van der Waals surface area contributed by atoms with Gasteiger partial charge in [0.2, 0.25) is 0 Å². The van der Waals surface area contributed by atoms with Crippen LogP contribution in [0.1, 0.15) is 21.5 Å². The fraction of sp³-hybridized carbons (Fsp3) is 0.190. The number of carbonyl (C=O) groups excluding carboxylic acids is 1. The lowest BCUT2D eigenvalue weighted by Gasteiger charge is -2.16. The Balaban J connectivity index is 1.65. The number of rotatable bonds is 4. The average Bonchev–Trinajstić information content (AvgIpc) is 2.96. The highest BCUT2D eigenvalue weighted by Crippen LogP contribution is 2.38. The van der Waals surface area contributed by atoms with Crippen molar-refractivity contribution in [3.63, 3.8) is 0 Å². The van der Waals surface area contributed by atoms with E-state index in [4.69, 9.17) is 9.47 Å². The maximum atomic E-state index is 12.9. The summed E-state index contributed by atoms with van der Waals surface area (Å²) in [7, 11) is 3.15. The summed E-state index contributed by atoms with van der Waals surface area (Å²) in [4.78, 5) is 14.7. The highest BCUT2D eigenvalue weighted by molar-refractivity contribution is 6.01. The van der Waals surface area contributed by atoms with E-state index in [1.807, 2.05) is 29.2 Å². The van der Waals surface area contributed by atoms with Crippen LogP contribution in [0.5, 0.6) is 11.5 Å². The van der Waals surface area contributed by atoms with Crippen LogP contribution in [-0.4, -0.2) is 25.0 Å². The van der Waals surface area contributed by atoms with E-state index in [2.05, 4.69) is 30.3 Å². The van der Waals surface area contributed by atoms with Crippen LogP contribution in [0, 0.1) is 0 Å². The standard InChI is InChI=1S/C21H19NO3/c1-24-18-10-9-17-13-22(21(23)19(17)20(18)25-2)12-14-7-8-15-5-3-4-6-16(15)11-14/h3-11H,12-13H2,1-2H3. The molecule has 0 radical (unpaired) electrons. The molecule has 4 heteroatoms. The summed E-state index contributed by atoms with van der Waals surface area (Å²) in [5, 5.41) is 2.39. The zero-order chi connectivity index (χ0) is 17.4. The van der Waals surface area contributed by atoms with Crippen LogP contribution in [0.4, 0.5) is 0 Å². The minimum Gasteiger partial charge on any atom is -0.493 e. The Bertz CT molecular complexity index is 965. The number of carbonyl (C=O) groups is 1. The molecule has 0 aliphatic carbocycles. The van der Waals surface area contributed by atoms with Crippen molar-refractivity contribution in [3.8, 4) is 11.5 Å². The van der Waals surface area contributed by atoms with Crippen molar-refractivity contribution in [1.82, 2.24) is 4.90 Å². The molecule has 3 aromatic carbocycles. The molecule has 25 heavy (non-hydrogen) atoms. The first-order chi connectivity index (χ1) is 12.2. The number of hydrogen-bond acceptors (Lipinski definition) is 3. The Hall–Kier alpha value is -3.01. The fourth-order valence-corrected chi connectivity index (χ4v) is 3.45. The quantitative estimate of drug-likeness (QED) is 0.724. The Morgan fingerprint density at radius 2 is 1.76 bits per heavy atom. The van der Waals surface area contributed by atoms with Gasteiger partial charge in [0, 0.05) is 13.1 Å². The molecule has 0 atom stereocenters. The molecule has 4 nitrogen and oxygen atoms in total. The fourth-order valence-electron chi connectivity index (χ4n) is 3.45. The van der Waals surface area contributed by atoms with Gasteiger partial charge in [0.25, 0.3) is 5.91 Å². The summed E-state index contributed by atoms with van der Waals surface area (Å²) >= 11 is 0. The summed E-state index contributed by atoms with van der Waals surface area (Å²) in [6.07, 6.45) is 0. The highest BCUT2D eigenvalue weighted by atomic mass is 16.5. The van der Waals surface area contributed by atoms with E-state index in [0.29, 0.717) is 30.2 Å². The average molecular weight is 333 g/mol. The third kappa shape index (κ3) is 2.60. The molecule has 0 N–H and O–H groups in total. The van der Waals surface area contributed by atoms with Crippen LogP contribution in [0.15, 0.2) is 54.6 Å². The molecule has 1 aliphatic rings. The number of nitrogens with zero attached hydrogens (tertiary/aromatic N) is 1. The van der Waals surface area contributed by atoms with Crippen molar-refractivity contribution in [1.29, 1.82) is 0 Å². The molecule has 0 unspecified atom stereocenters. The molecule has 126 valence electrons. The molecular weight excluding hydrogens is 314 g/mol. The van der Waals surface area contributed by atoms with Crippen LogP contribution in [-0.2, 0) is 13.1 Å². The van der Waals surface area contributed by atoms with Crippen molar-refractivity contribution in [2.24, 2.45) is 0 Å². The van der Waals surface area contributed by atoms with E-state index in [1.165, 1.54) is 10.8 Å². The third-order valence-electron chi connectivity index (χ3n) is 4.68. The number of fused-ring (bicyclic) bond motifs is 2. The monoisotopic (exact) mass is 333 g/mol. The molecule has 0 bridgehead atoms. The van der Waals surface area contributed by atoms with Gasteiger partial charge in [-0.3, -0.25) is 4.79 Å². The van der Waals surface area contributed by atoms with E-state index in [9.17, 15) is 4.79 Å². The third-order valence-corrected chi connectivity index (χ3v) is 4.68. The maximum Gasteiger partial charge on any atom is 0.258 e. The van der Waals surface area contributed by atoms with Gasteiger partial charge in [-0.2, -0.15) is 0 Å². The molecular formula is C21H19NO3. The molecule has 1 heterocycles. The number of methoxy groups -OCH3 is 2. The Morgan fingerprint density at radius 1 is 0.960 bits per heavy atom. The van der Waals surface area contributed by atoms with Crippen molar-refractivity contribution >= 4 is 16.7 Å². The second kappa shape index (κ2) is 6.13. The lowest BCUT2D eigenvalue weighted by molar-refractivity contribution is 0.0764. The summed E-state index contributed by atoms with van der Waals surface area (Å²) in [6.45, 7) is 1.16. The van der Waals surface area contributed by atoms with Crippen molar-refractivity contribution in [2.75, 3.05) is 14.2 Å². The van der Waals surface area contributed by atoms with Gasteiger partial charge in [-0.15, -0.1) is 0 Å². The zero-order valence-corrected chi connectivity index (χ0v) is 14.3. The topological polar surface area (TPSA) is 38.8 Å². The van der Waals surface area contributed by atoms with Crippen molar-refractivity contribution < 1.29 is 14.3 Å². The summed E-state index contributed by atoms with van der Waals surface area (Å²) in [5.74, 6) is 1.09. The first-order valence-electron chi connectivity index (χ1n) is 8.22. The molecule has 1 aliphatic heterocycles. The number of amides is 1. The maximum absolute atomic E-state index is 12.9. The SMILES string of the molecule is COc1ccc2c(c1OC)C(=O)N(Cc1ccc3ccccc3c1)C2. The Labute approximate surface area is 146 Å². The molecule has 0 spiro atoms. The van der Waals surface area contributed by atoms with Gasteiger partial charge in [0.15, 0.2) is 11.5 Å². The van der Waals surface area contributed by atoms with Gasteiger partial charge in [-0.05, 0) is 34.0 Å². The molecule has 0 aromatic heterocycles. The predicted molar refractivity (Wildman–Crippen MR) is 97.1 cm³/mol. The molecule has 1 amide bonds. The number of benzene rings is 3. The lowest BCUT2D eigenvalue weighted by Crippen LogP contribution is -2.23. The van der Waals surface area contributed by atoms with Crippen LogP contribution < -0.4 is 9.47 Å². The molecule has 0 saturated carbocycles. The first kappa shape index (κ1) is 15.5. The predicted octanol–water partition coefficient (Wildman–Crippen LogP) is 4.01.